The molecule has 2 aromatic rings. The van der Waals surface area contributed by atoms with Crippen molar-refractivity contribution >= 4 is 39.0 Å². The van der Waals surface area contributed by atoms with Crippen LogP contribution in [0.15, 0.2) is 24.3 Å². The van der Waals surface area contributed by atoms with Gasteiger partial charge in [-0.1, -0.05) is 0 Å². The second-order valence-corrected chi connectivity index (χ2v) is 7.01. The summed E-state index contributed by atoms with van der Waals surface area (Å²) in [7, 11) is 0. The molecule has 0 radical (unpaired) electrons. The van der Waals surface area contributed by atoms with Crippen molar-refractivity contribution in [3.8, 4) is 0 Å². The van der Waals surface area contributed by atoms with E-state index >= 15 is 0 Å². The third-order valence-corrected chi connectivity index (χ3v) is 5.39. The molecule has 8 heteroatoms. The van der Waals surface area contributed by atoms with Crippen LogP contribution in [0.1, 0.15) is 28.9 Å². The first-order valence-corrected chi connectivity index (χ1v) is 8.45. The van der Waals surface area contributed by atoms with Crippen LogP contribution in [0.4, 0.5) is 5.69 Å². The molecule has 7 nitrogen and oxygen atoms in total. The van der Waals surface area contributed by atoms with Crippen LogP contribution in [-0.4, -0.2) is 39.9 Å². The van der Waals surface area contributed by atoms with E-state index in [2.05, 4.69) is 0 Å². The summed E-state index contributed by atoms with van der Waals surface area (Å²) < 4.78 is 0.838. The average Bonchev–Trinajstić information content (AvgIpc) is 2.97. The Kier molecular flexibility index (Phi) is 4.48. The summed E-state index contributed by atoms with van der Waals surface area (Å²) in [5.41, 5.74) is 0.00813. The molecule has 126 valence electrons. The zero-order chi connectivity index (χ0) is 17.3. The molecule has 1 fully saturated rings. The van der Waals surface area contributed by atoms with E-state index in [1.165, 1.54) is 23.5 Å². The number of piperidine rings is 1. The number of aliphatic carboxylic acids is 1. The van der Waals surface area contributed by atoms with Gasteiger partial charge >= 0.3 is 5.97 Å². The normalized spacial score (nSPS) is 15.6. The maximum atomic E-state index is 12.6. The van der Waals surface area contributed by atoms with Crippen LogP contribution in [0.5, 0.6) is 0 Å². The highest BCUT2D eigenvalue weighted by molar-refractivity contribution is 7.20. The van der Waals surface area contributed by atoms with Gasteiger partial charge in [0.2, 0.25) is 0 Å². The van der Waals surface area contributed by atoms with Crippen molar-refractivity contribution in [2.75, 3.05) is 13.1 Å². The fraction of sp³-hybridized carbons (Fsp3) is 0.375. The molecule has 1 aromatic heterocycles. The fourth-order valence-electron chi connectivity index (χ4n) is 2.99. The summed E-state index contributed by atoms with van der Waals surface area (Å²) in [4.78, 5) is 36.0. The second kappa shape index (κ2) is 6.56. The minimum atomic E-state index is -0.800. The van der Waals surface area contributed by atoms with Gasteiger partial charge in [0, 0.05) is 41.7 Å². The first kappa shape index (κ1) is 16.4. The third-order valence-electron chi connectivity index (χ3n) is 4.29. The van der Waals surface area contributed by atoms with Crippen molar-refractivity contribution in [1.29, 1.82) is 0 Å². The molecule has 2 heterocycles. The van der Waals surface area contributed by atoms with Gasteiger partial charge in [0.1, 0.15) is 0 Å². The molecule has 0 saturated carbocycles. The topological polar surface area (TPSA) is 101 Å². The predicted octanol–water partition coefficient (Wildman–Crippen LogP) is 3.14. The maximum Gasteiger partial charge on any atom is 0.303 e. The van der Waals surface area contributed by atoms with Crippen molar-refractivity contribution in [2.45, 2.75) is 19.3 Å². The van der Waals surface area contributed by atoms with E-state index in [0.29, 0.717) is 36.2 Å². The lowest BCUT2D eigenvalue weighted by molar-refractivity contribution is -0.384. The first-order chi connectivity index (χ1) is 11.4. The minimum absolute atomic E-state index is 0.00813. The van der Waals surface area contributed by atoms with Crippen molar-refractivity contribution in [3.05, 3.63) is 39.3 Å². The smallest absolute Gasteiger partial charge is 0.303 e. The fourth-order valence-corrected chi connectivity index (χ4v) is 4.00. The van der Waals surface area contributed by atoms with Gasteiger partial charge < -0.3 is 10.0 Å². The number of nitro groups is 1. The molecule has 1 saturated heterocycles. The number of nitro benzene ring substituents is 1. The zero-order valence-corrected chi connectivity index (χ0v) is 13.6. The average molecular weight is 348 g/mol. The molecule has 3 rings (SSSR count). The Morgan fingerprint density at radius 1 is 1.29 bits per heavy atom. The van der Waals surface area contributed by atoms with Crippen LogP contribution in [0, 0.1) is 16.0 Å². The van der Waals surface area contributed by atoms with Gasteiger partial charge in [0.15, 0.2) is 0 Å². The Morgan fingerprint density at radius 2 is 2.00 bits per heavy atom. The monoisotopic (exact) mass is 348 g/mol. The molecule has 0 aliphatic carbocycles. The van der Waals surface area contributed by atoms with Gasteiger partial charge in [0.25, 0.3) is 11.6 Å². The van der Waals surface area contributed by atoms with Gasteiger partial charge in [0.05, 0.1) is 9.80 Å². The lowest BCUT2D eigenvalue weighted by atomic mass is 9.93. The molecule has 1 aliphatic heterocycles. The number of carboxylic acid groups (broad SMARTS) is 1. The largest absolute Gasteiger partial charge is 0.481 e. The number of non-ortho nitro benzene ring substituents is 1. The third kappa shape index (κ3) is 3.38. The van der Waals surface area contributed by atoms with Gasteiger partial charge in [-0.15, -0.1) is 11.3 Å². The van der Waals surface area contributed by atoms with E-state index in [0.717, 1.165) is 4.70 Å². The molecule has 0 spiro atoms. The van der Waals surface area contributed by atoms with Crippen molar-refractivity contribution in [1.82, 2.24) is 4.90 Å². The first-order valence-electron chi connectivity index (χ1n) is 7.63. The molecule has 0 atom stereocenters. The molecular formula is C16H16N2O5S. The Labute approximate surface area is 141 Å². The number of carbonyl (C=O) groups excluding carboxylic acids is 1. The summed E-state index contributed by atoms with van der Waals surface area (Å²) in [6, 6.07) is 6.26. The number of amides is 1. The number of carboxylic acids is 1. The summed E-state index contributed by atoms with van der Waals surface area (Å²) >= 11 is 1.32. The molecule has 1 aliphatic rings. The maximum absolute atomic E-state index is 12.6. The van der Waals surface area contributed by atoms with E-state index in [1.54, 1.807) is 17.0 Å². The number of likely N-dealkylation sites (tertiary alicyclic amines) is 1. The number of carbonyl (C=O) groups is 2. The van der Waals surface area contributed by atoms with Crippen LogP contribution in [0.3, 0.4) is 0 Å². The number of benzene rings is 1. The van der Waals surface area contributed by atoms with E-state index in [9.17, 15) is 19.7 Å². The number of hydrogen-bond acceptors (Lipinski definition) is 5. The van der Waals surface area contributed by atoms with Crippen molar-refractivity contribution < 1.29 is 19.6 Å². The van der Waals surface area contributed by atoms with Crippen LogP contribution < -0.4 is 0 Å². The number of rotatable bonds is 4. The van der Waals surface area contributed by atoms with Gasteiger partial charge in [-0.3, -0.25) is 19.7 Å². The quantitative estimate of drug-likeness (QED) is 0.676. The molecule has 1 N–H and O–H groups in total. The lowest BCUT2D eigenvalue weighted by Gasteiger charge is -2.31. The molecule has 1 amide bonds. The van der Waals surface area contributed by atoms with Gasteiger partial charge in [-0.05, 0) is 30.9 Å². The highest BCUT2D eigenvalue weighted by atomic mass is 32.1. The Balaban J connectivity index is 1.72. The van der Waals surface area contributed by atoms with Crippen LogP contribution in [-0.2, 0) is 4.79 Å². The number of fused-ring (bicyclic) bond motifs is 1. The standard InChI is InChI=1S/C16H16N2O5S/c19-15(20)7-10-3-5-17(6-4-10)16(21)14-9-11-8-12(18(22)23)1-2-13(11)24-14/h1-2,8-10H,3-7H2,(H,19,20). The highest BCUT2D eigenvalue weighted by Gasteiger charge is 2.26. The van der Waals surface area contributed by atoms with Crippen LogP contribution >= 0.6 is 11.3 Å². The van der Waals surface area contributed by atoms with Crippen molar-refractivity contribution in [3.63, 3.8) is 0 Å². The van der Waals surface area contributed by atoms with Crippen LogP contribution in [0.25, 0.3) is 10.1 Å². The van der Waals surface area contributed by atoms with E-state index in [1.807, 2.05) is 0 Å². The van der Waals surface area contributed by atoms with E-state index < -0.39 is 10.9 Å². The summed E-state index contributed by atoms with van der Waals surface area (Å²) in [6.07, 6.45) is 1.53. The minimum Gasteiger partial charge on any atom is -0.481 e. The Morgan fingerprint density at radius 3 is 2.62 bits per heavy atom. The predicted molar refractivity (Wildman–Crippen MR) is 89.4 cm³/mol. The lowest BCUT2D eigenvalue weighted by Crippen LogP contribution is -2.38. The summed E-state index contributed by atoms with van der Waals surface area (Å²) in [5.74, 6) is -0.768. The van der Waals surface area contributed by atoms with Crippen LogP contribution in [0.2, 0.25) is 0 Å². The summed E-state index contributed by atoms with van der Waals surface area (Å²) in [5, 5.41) is 20.4. The second-order valence-electron chi connectivity index (χ2n) is 5.92. The van der Waals surface area contributed by atoms with E-state index in [4.69, 9.17) is 5.11 Å². The van der Waals surface area contributed by atoms with Gasteiger partial charge in [-0.25, -0.2) is 0 Å². The number of hydrogen-bond donors (Lipinski definition) is 1. The molecule has 0 bridgehead atoms. The van der Waals surface area contributed by atoms with Crippen molar-refractivity contribution in [2.24, 2.45) is 5.92 Å². The van der Waals surface area contributed by atoms with Gasteiger partial charge in [-0.2, -0.15) is 0 Å². The number of thiophene rings is 1. The SMILES string of the molecule is O=C(O)CC1CCN(C(=O)c2cc3cc([N+](=O)[O-])ccc3s2)CC1. The zero-order valence-electron chi connectivity index (χ0n) is 12.8. The highest BCUT2D eigenvalue weighted by Crippen LogP contribution is 2.30. The summed E-state index contributed by atoms with van der Waals surface area (Å²) in [6.45, 7) is 1.09. The number of nitrogens with zero attached hydrogens (tertiary/aromatic N) is 2. The molecule has 24 heavy (non-hydrogen) atoms. The molecule has 1 aromatic carbocycles. The molecular weight excluding hydrogens is 332 g/mol. The Bertz CT molecular complexity index is 808. The van der Waals surface area contributed by atoms with E-state index in [-0.39, 0.29) is 23.9 Å². The molecule has 0 unspecified atom stereocenters. The Hall–Kier alpha value is -2.48.